The van der Waals surface area contributed by atoms with Crippen molar-refractivity contribution in [3.05, 3.63) is 35.4 Å². The van der Waals surface area contributed by atoms with Crippen molar-refractivity contribution >= 4 is 30.7 Å². The molecule has 2 aliphatic rings. The van der Waals surface area contributed by atoms with Crippen molar-refractivity contribution in [3.8, 4) is 0 Å². The number of halogens is 2. The average Bonchev–Trinajstić information content (AvgIpc) is 3.09. The van der Waals surface area contributed by atoms with Crippen molar-refractivity contribution in [2.24, 2.45) is 5.73 Å². The predicted octanol–water partition coefficient (Wildman–Crippen LogP) is 4.18. The summed E-state index contributed by atoms with van der Waals surface area (Å²) >= 11 is 0. The number of hydrogen-bond acceptors (Lipinski definition) is 3. The summed E-state index contributed by atoms with van der Waals surface area (Å²) in [6.45, 7) is 1.52. The maximum Gasteiger partial charge on any atom is 0.240 e. The van der Waals surface area contributed by atoms with Gasteiger partial charge in [0.25, 0.3) is 0 Å². The molecule has 1 aromatic carbocycles. The number of nitrogens with one attached hydrogen (secondary N) is 1. The van der Waals surface area contributed by atoms with Crippen LogP contribution in [0.15, 0.2) is 24.3 Å². The Morgan fingerprint density at radius 2 is 1.67 bits per heavy atom. The SMILES string of the molecule is CN(Cc1ccccc1CNC(=O)C1(N)CCCC1)C1CCCCC1.Cl.Cl. The lowest BCUT2D eigenvalue weighted by molar-refractivity contribution is -0.126. The molecule has 27 heavy (non-hydrogen) atoms. The van der Waals surface area contributed by atoms with Crippen LogP contribution in [0.5, 0.6) is 0 Å². The van der Waals surface area contributed by atoms with Crippen LogP contribution >= 0.6 is 24.8 Å². The van der Waals surface area contributed by atoms with Gasteiger partial charge in [-0.05, 0) is 43.9 Å². The Labute approximate surface area is 176 Å². The lowest BCUT2D eigenvalue weighted by Gasteiger charge is -2.31. The first kappa shape index (κ1) is 24.2. The van der Waals surface area contributed by atoms with E-state index in [1.807, 2.05) is 0 Å². The van der Waals surface area contributed by atoms with Gasteiger partial charge in [0.1, 0.15) is 0 Å². The van der Waals surface area contributed by atoms with E-state index in [9.17, 15) is 4.79 Å². The number of nitrogens with two attached hydrogens (primary N) is 1. The van der Waals surface area contributed by atoms with Crippen LogP contribution in [0.1, 0.15) is 68.9 Å². The van der Waals surface area contributed by atoms with Gasteiger partial charge in [0.2, 0.25) is 5.91 Å². The van der Waals surface area contributed by atoms with Crippen LogP contribution in [0.3, 0.4) is 0 Å². The van der Waals surface area contributed by atoms with E-state index in [0.29, 0.717) is 12.6 Å². The molecular weight excluding hydrogens is 381 g/mol. The minimum absolute atomic E-state index is 0. The van der Waals surface area contributed by atoms with Crippen molar-refractivity contribution in [2.75, 3.05) is 7.05 Å². The lowest BCUT2D eigenvalue weighted by atomic mass is 9.94. The monoisotopic (exact) mass is 415 g/mol. The minimum Gasteiger partial charge on any atom is -0.350 e. The summed E-state index contributed by atoms with van der Waals surface area (Å²) in [7, 11) is 2.23. The van der Waals surface area contributed by atoms with E-state index in [0.717, 1.165) is 32.2 Å². The maximum atomic E-state index is 12.5. The van der Waals surface area contributed by atoms with Crippen LogP contribution in [0.2, 0.25) is 0 Å². The van der Waals surface area contributed by atoms with Gasteiger partial charge in [-0.1, -0.05) is 56.4 Å². The van der Waals surface area contributed by atoms with Gasteiger partial charge in [0.15, 0.2) is 0 Å². The number of rotatable bonds is 6. The zero-order chi connectivity index (χ0) is 17.7. The van der Waals surface area contributed by atoms with Crippen molar-refractivity contribution in [1.29, 1.82) is 0 Å². The molecule has 0 unspecified atom stereocenters. The zero-order valence-electron chi connectivity index (χ0n) is 16.4. The van der Waals surface area contributed by atoms with Crippen molar-refractivity contribution in [1.82, 2.24) is 10.2 Å². The fraction of sp³-hybridized carbons (Fsp3) is 0.667. The number of carbonyl (C=O) groups excluding carboxylic acids is 1. The molecule has 0 bridgehead atoms. The van der Waals surface area contributed by atoms with Gasteiger partial charge in [0.05, 0.1) is 5.54 Å². The number of nitrogens with zero attached hydrogens (tertiary/aromatic N) is 1. The summed E-state index contributed by atoms with van der Waals surface area (Å²) < 4.78 is 0. The first-order valence-electron chi connectivity index (χ1n) is 9.93. The Bertz CT molecular complexity index is 585. The van der Waals surface area contributed by atoms with E-state index in [4.69, 9.17) is 5.73 Å². The van der Waals surface area contributed by atoms with Crippen LogP contribution in [0.4, 0.5) is 0 Å². The minimum atomic E-state index is -0.645. The molecule has 1 amide bonds. The Morgan fingerprint density at radius 1 is 1.07 bits per heavy atom. The first-order valence-corrected chi connectivity index (χ1v) is 9.93. The number of amides is 1. The smallest absolute Gasteiger partial charge is 0.240 e. The quantitative estimate of drug-likeness (QED) is 0.732. The van der Waals surface area contributed by atoms with E-state index in [1.165, 1.54) is 43.2 Å². The zero-order valence-corrected chi connectivity index (χ0v) is 18.0. The van der Waals surface area contributed by atoms with Gasteiger partial charge in [-0.2, -0.15) is 0 Å². The van der Waals surface area contributed by atoms with Gasteiger partial charge >= 0.3 is 0 Å². The predicted molar refractivity (Wildman–Crippen MR) is 117 cm³/mol. The van der Waals surface area contributed by atoms with Crippen molar-refractivity contribution < 1.29 is 4.79 Å². The Morgan fingerprint density at radius 3 is 2.30 bits per heavy atom. The highest BCUT2D eigenvalue weighted by atomic mass is 35.5. The Hall–Kier alpha value is -0.810. The average molecular weight is 416 g/mol. The van der Waals surface area contributed by atoms with E-state index in [1.54, 1.807) is 0 Å². The van der Waals surface area contributed by atoms with E-state index in [2.05, 4.69) is 41.5 Å². The Kier molecular flexibility index (Phi) is 10.1. The van der Waals surface area contributed by atoms with Gasteiger partial charge in [-0.3, -0.25) is 9.69 Å². The standard InChI is InChI=1S/C21H33N3O.2ClH/c1-24(19-11-3-2-4-12-19)16-18-10-6-5-9-17(18)15-23-20(25)21(22)13-7-8-14-21;;/h5-6,9-10,19H,2-4,7-8,11-16,22H2,1H3,(H,23,25);2*1H. The molecule has 0 atom stereocenters. The molecule has 154 valence electrons. The summed E-state index contributed by atoms with van der Waals surface area (Å²) in [6, 6.07) is 9.16. The molecule has 0 heterocycles. The molecule has 3 rings (SSSR count). The molecule has 0 radical (unpaired) electrons. The number of carbonyl (C=O) groups is 1. The van der Waals surface area contributed by atoms with Crippen LogP contribution in [-0.4, -0.2) is 29.4 Å². The summed E-state index contributed by atoms with van der Waals surface area (Å²) in [5.41, 5.74) is 8.14. The molecule has 0 saturated heterocycles. The highest BCUT2D eigenvalue weighted by Gasteiger charge is 2.36. The van der Waals surface area contributed by atoms with Crippen molar-refractivity contribution in [2.45, 2.75) is 82.5 Å². The van der Waals surface area contributed by atoms with E-state index < -0.39 is 5.54 Å². The molecule has 0 aliphatic heterocycles. The van der Waals surface area contributed by atoms with E-state index in [-0.39, 0.29) is 30.7 Å². The number of benzene rings is 1. The maximum absolute atomic E-state index is 12.5. The normalized spacial score (nSPS) is 19.2. The highest BCUT2D eigenvalue weighted by molar-refractivity contribution is 5.86. The summed E-state index contributed by atoms with van der Waals surface area (Å²) in [4.78, 5) is 15.0. The van der Waals surface area contributed by atoms with Gasteiger partial charge in [-0.15, -0.1) is 24.8 Å². The fourth-order valence-corrected chi connectivity index (χ4v) is 4.39. The summed E-state index contributed by atoms with van der Waals surface area (Å²) in [5, 5.41) is 3.09. The number of hydrogen-bond donors (Lipinski definition) is 2. The highest BCUT2D eigenvalue weighted by Crippen LogP contribution is 2.27. The molecule has 6 heteroatoms. The second-order valence-corrected chi connectivity index (χ2v) is 8.02. The molecule has 4 nitrogen and oxygen atoms in total. The summed E-state index contributed by atoms with van der Waals surface area (Å²) in [5.74, 6) is 0.0143. The molecule has 0 spiro atoms. The van der Waals surface area contributed by atoms with Gasteiger partial charge in [0, 0.05) is 19.1 Å². The molecule has 2 saturated carbocycles. The molecule has 2 fully saturated rings. The van der Waals surface area contributed by atoms with Crippen molar-refractivity contribution in [3.63, 3.8) is 0 Å². The van der Waals surface area contributed by atoms with Crippen LogP contribution < -0.4 is 11.1 Å². The molecule has 0 aromatic heterocycles. The lowest BCUT2D eigenvalue weighted by Crippen LogP contribution is -2.51. The van der Waals surface area contributed by atoms with E-state index >= 15 is 0 Å². The third-order valence-corrected chi connectivity index (χ3v) is 6.12. The van der Waals surface area contributed by atoms with Crippen LogP contribution in [0, 0.1) is 0 Å². The molecule has 2 aliphatic carbocycles. The second kappa shape index (κ2) is 11.3. The second-order valence-electron chi connectivity index (χ2n) is 8.02. The third-order valence-electron chi connectivity index (χ3n) is 6.12. The topological polar surface area (TPSA) is 58.4 Å². The van der Waals surface area contributed by atoms with Crippen LogP contribution in [-0.2, 0) is 17.9 Å². The largest absolute Gasteiger partial charge is 0.350 e. The first-order chi connectivity index (χ1) is 12.1. The third kappa shape index (κ3) is 6.35. The van der Waals surface area contributed by atoms with Crippen LogP contribution in [0.25, 0.3) is 0 Å². The van der Waals surface area contributed by atoms with Gasteiger partial charge < -0.3 is 11.1 Å². The summed E-state index contributed by atoms with van der Waals surface area (Å²) in [6.07, 6.45) is 10.5. The molecule has 1 aromatic rings. The fourth-order valence-electron chi connectivity index (χ4n) is 4.39. The molecular formula is C21H35Cl2N3O. The Balaban J connectivity index is 0.00000182. The molecule has 3 N–H and O–H groups in total. The van der Waals surface area contributed by atoms with Gasteiger partial charge in [-0.25, -0.2) is 0 Å².